The first kappa shape index (κ1) is 15.4. The molecular weight excluding hydrogens is 301 g/mol. The second-order valence-electron chi connectivity index (χ2n) is 6.38. The zero-order valence-electron chi connectivity index (χ0n) is 12.4. The third kappa shape index (κ3) is 4.48. The Morgan fingerprint density at radius 3 is 2.48 bits per heavy atom. The monoisotopic (exact) mass is 323 g/mol. The molecule has 0 saturated heterocycles. The quantitative estimate of drug-likeness (QED) is 0.731. The Morgan fingerprint density at radius 1 is 1.05 bits per heavy atom. The maximum absolute atomic E-state index is 6.14. The predicted octanol–water partition coefficient (Wildman–Crippen LogP) is 5.71. The molecule has 2 aliphatic carbocycles. The van der Waals surface area contributed by atoms with Crippen LogP contribution in [0.25, 0.3) is 6.08 Å². The normalized spacial score (nSPS) is 20.8. The lowest BCUT2D eigenvalue weighted by molar-refractivity contribution is 0.396. The Labute approximate surface area is 137 Å². The maximum Gasteiger partial charge on any atom is 0.0598 e. The van der Waals surface area contributed by atoms with E-state index in [4.69, 9.17) is 23.2 Å². The lowest BCUT2D eigenvalue weighted by atomic mass is 9.83. The molecule has 1 aromatic rings. The highest BCUT2D eigenvalue weighted by Gasteiger charge is 2.23. The van der Waals surface area contributed by atoms with Crippen LogP contribution in [0, 0.1) is 5.92 Å². The first-order valence-electron chi connectivity index (χ1n) is 8.11. The van der Waals surface area contributed by atoms with E-state index in [-0.39, 0.29) is 0 Å². The van der Waals surface area contributed by atoms with Gasteiger partial charge in [-0.1, -0.05) is 60.2 Å². The van der Waals surface area contributed by atoms with E-state index in [1.165, 1.54) is 50.5 Å². The van der Waals surface area contributed by atoms with Gasteiger partial charge in [0.25, 0.3) is 0 Å². The van der Waals surface area contributed by atoms with Crippen molar-refractivity contribution in [3.8, 4) is 0 Å². The predicted molar refractivity (Wildman–Crippen MR) is 92.0 cm³/mol. The summed E-state index contributed by atoms with van der Waals surface area (Å²) in [4.78, 5) is 0. The van der Waals surface area contributed by atoms with Crippen molar-refractivity contribution in [2.24, 2.45) is 5.92 Å². The van der Waals surface area contributed by atoms with E-state index in [1.54, 1.807) is 5.57 Å². The third-order valence-corrected chi connectivity index (χ3v) is 5.34. The van der Waals surface area contributed by atoms with Gasteiger partial charge in [-0.05, 0) is 49.3 Å². The molecule has 21 heavy (non-hydrogen) atoms. The molecule has 1 N–H and O–H groups in total. The minimum atomic E-state index is 0.629. The molecule has 0 spiro atoms. The second-order valence-corrected chi connectivity index (χ2v) is 7.20. The van der Waals surface area contributed by atoms with Gasteiger partial charge in [0.05, 0.1) is 10.0 Å². The Balaban J connectivity index is 1.77. The summed E-state index contributed by atoms with van der Waals surface area (Å²) in [7, 11) is 0. The summed E-state index contributed by atoms with van der Waals surface area (Å²) in [6.07, 6.45) is 11.8. The Bertz CT molecular complexity index is 514. The van der Waals surface area contributed by atoms with E-state index in [9.17, 15) is 0 Å². The van der Waals surface area contributed by atoms with Crippen LogP contribution in [0.3, 0.4) is 0 Å². The fourth-order valence-corrected chi connectivity index (χ4v) is 3.46. The lowest BCUT2D eigenvalue weighted by Crippen LogP contribution is -2.24. The molecule has 2 fully saturated rings. The molecule has 3 heteroatoms. The molecule has 0 bridgehead atoms. The molecule has 0 radical (unpaired) electrons. The molecule has 0 unspecified atom stereocenters. The van der Waals surface area contributed by atoms with Gasteiger partial charge in [0.1, 0.15) is 0 Å². The van der Waals surface area contributed by atoms with E-state index in [1.807, 2.05) is 12.1 Å². The van der Waals surface area contributed by atoms with Crippen LogP contribution >= 0.6 is 23.2 Å². The van der Waals surface area contributed by atoms with Crippen molar-refractivity contribution in [2.75, 3.05) is 6.54 Å². The van der Waals surface area contributed by atoms with Crippen LogP contribution in [0.4, 0.5) is 0 Å². The van der Waals surface area contributed by atoms with Crippen molar-refractivity contribution in [1.29, 1.82) is 0 Å². The van der Waals surface area contributed by atoms with E-state index < -0.39 is 0 Å². The largest absolute Gasteiger partial charge is 0.310 e. The minimum Gasteiger partial charge on any atom is -0.310 e. The standard InChI is InChI=1S/C18H23Cl2N/c19-17-9-6-13(11-18(17)20)10-15(12-21-16-7-8-16)14-4-2-1-3-5-14/h6,9-11,14,16,21H,1-5,7-8,12H2/b15-10-. The van der Waals surface area contributed by atoms with Gasteiger partial charge in [-0.15, -0.1) is 0 Å². The molecule has 2 saturated carbocycles. The fraction of sp³-hybridized carbons (Fsp3) is 0.556. The molecule has 0 aliphatic heterocycles. The number of halogens is 2. The van der Waals surface area contributed by atoms with Crippen molar-refractivity contribution in [2.45, 2.75) is 51.0 Å². The van der Waals surface area contributed by atoms with E-state index >= 15 is 0 Å². The fourth-order valence-electron chi connectivity index (χ4n) is 3.15. The minimum absolute atomic E-state index is 0.629. The van der Waals surface area contributed by atoms with Gasteiger partial charge in [0, 0.05) is 12.6 Å². The number of hydrogen-bond acceptors (Lipinski definition) is 1. The van der Waals surface area contributed by atoms with Gasteiger partial charge in [-0.3, -0.25) is 0 Å². The molecule has 0 amide bonds. The lowest BCUT2D eigenvalue weighted by Gasteiger charge is -2.25. The van der Waals surface area contributed by atoms with Crippen molar-refractivity contribution in [3.63, 3.8) is 0 Å². The zero-order valence-corrected chi connectivity index (χ0v) is 13.9. The highest BCUT2D eigenvalue weighted by molar-refractivity contribution is 6.42. The van der Waals surface area contributed by atoms with Crippen LogP contribution in [0.15, 0.2) is 23.8 Å². The van der Waals surface area contributed by atoms with Crippen LogP contribution in [0.2, 0.25) is 10.0 Å². The summed E-state index contributed by atoms with van der Waals surface area (Å²) in [6.45, 7) is 1.02. The summed E-state index contributed by atoms with van der Waals surface area (Å²) < 4.78 is 0. The van der Waals surface area contributed by atoms with Gasteiger partial charge in [-0.2, -0.15) is 0 Å². The maximum atomic E-state index is 6.14. The van der Waals surface area contributed by atoms with Gasteiger partial charge < -0.3 is 5.32 Å². The molecule has 0 atom stereocenters. The third-order valence-electron chi connectivity index (χ3n) is 4.60. The molecule has 3 rings (SSSR count). The highest BCUT2D eigenvalue weighted by Crippen LogP contribution is 2.32. The molecule has 1 aromatic carbocycles. The van der Waals surface area contributed by atoms with E-state index in [0.717, 1.165) is 18.5 Å². The smallest absolute Gasteiger partial charge is 0.0598 e. The topological polar surface area (TPSA) is 12.0 Å². The molecule has 114 valence electrons. The van der Waals surface area contributed by atoms with Crippen molar-refractivity contribution < 1.29 is 0 Å². The summed E-state index contributed by atoms with van der Waals surface area (Å²) in [5.74, 6) is 0.736. The number of benzene rings is 1. The van der Waals surface area contributed by atoms with Crippen molar-refractivity contribution in [1.82, 2.24) is 5.32 Å². The van der Waals surface area contributed by atoms with Crippen LogP contribution in [-0.2, 0) is 0 Å². The molecule has 0 heterocycles. The zero-order chi connectivity index (χ0) is 14.7. The molecule has 0 aromatic heterocycles. The van der Waals surface area contributed by atoms with E-state index in [0.29, 0.717) is 10.0 Å². The summed E-state index contributed by atoms with van der Waals surface area (Å²) >= 11 is 12.2. The van der Waals surface area contributed by atoms with Crippen molar-refractivity contribution in [3.05, 3.63) is 39.4 Å². The summed E-state index contributed by atoms with van der Waals surface area (Å²) in [5, 5.41) is 4.94. The average Bonchev–Trinajstić information content (AvgIpc) is 3.32. The van der Waals surface area contributed by atoms with Gasteiger partial charge in [0.15, 0.2) is 0 Å². The van der Waals surface area contributed by atoms with Gasteiger partial charge in [0.2, 0.25) is 0 Å². The molecule has 1 nitrogen and oxygen atoms in total. The summed E-state index contributed by atoms with van der Waals surface area (Å²) in [6, 6.07) is 6.69. The second kappa shape index (κ2) is 7.17. The van der Waals surface area contributed by atoms with Gasteiger partial charge >= 0.3 is 0 Å². The average molecular weight is 324 g/mol. The van der Waals surface area contributed by atoms with Crippen LogP contribution in [0.1, 0.15) is 50.5 Å². The molecular formula is C18H23Cl2N. The van der Waals surface area contributed by atoms with E-state index in [2.05, 4.69) is 17.5 Å². The first-order chi connectivity index (χ1) is 10.2. The SMILES string of the molecule is Clc1ccc(/C=C(/CNC2CC2)C2CCCCC2)cc1Cl. The summed E-state index contributed by atoms with van der Waals surface area (Å²) in [5.41, 5.74) is 2.71. The Hall–Kier alpha value is -0.500. The van der Waals surface area contributed by atoms with Crippen LogP contribution in [0.5, 0.6) is 0 Å². The number of nitrogens with one attached hydrogen (secondary N) is 1. The first-order valence-corrected chi connectivity index (χ1v) is 8.87. The number of hydrogen-bond donors (Lipinski definition) is 1. The molecule has 2 aliphatic rings. The Kier molecular flexibility index (Phi) is 5.26. The van der Waals surface area contributed by atoms with Crippen molar-refractivity contribution >= 4 is 29.3 Å². The van der Waals surface area contributed by atoms with Crippen LogP contribution in [-0.4, -0.2) is 12.6 Å². The van der Waals surface area contributed by atoms with Crippen LogP contribution < -0.4 is 5.32 Å². The number of rotatable bonds is 5. The highest BCUT2D eigenvalue weighted by atomic mass is 35.5. The Morgan fingerprint density at radius 2 is 1.81 bits per heavy atom. The van der Waals surface area contributed by atoms with Gasteiger partial charge in [-0.25, -0.2) is 0 Å².